The summed E-state index contributed by atoms with van der Waals surface area (Å²) >= 11 is 0. The van der Waals surface area contributed by atoms with Gasteiger partial charge in [0.1, 0.15) is 13.2 Å². The first-order chi connectivity index (χ1) is 38.0. The summed E-state index contributed by atoms with van der Waals surface area (Å²) in [6.07, 6.45) is 89.1. The molecule has 0 bridgehead atoms. The molecule has 0 saturated heterocycles. The van der Waals surface area contributed by atoms with Gasteiger partial charge in [0.2, 0.25) is 0 Å². The summed E-state index contributed by atoms with van der Waals surface area (Å²) in [4.78, 5) is 38.4. The lowest BCUT2D eigenvalue weighted by Gasteiger charge is -2.18. The first-order valence-corrected chi connectivity index (χ1v) is 32.0. The Morgan fingerprint density at radius 1 is 0.273 bits per heavy atom. The van der Waals surface area contributed by atoms with Crippen LogP contribution in [0.3, 0.4) is 0 Å². The van der Waals surface area contributed by atoms with Crippen molar-refractivity contribution in [2.75, 3.05) is 13.2 Å². The predicted molar refractivity (Wildman–Crippen MR) is 334 cm³/mol. The highest BCUT2D eigenvalue weighted by Crippen LogP contribution is 2.15. The van der Waals surface area contributed by atoms with Gasteiger partial charge in [-0.2, -0.15) is 0 Å². The summed E-state index contributed by atoms with van der Waals surface area (Å²) in [5.74, 6) is -0.925. The molecule has 0 saturated carbocycles. The molecule has 6 heteroatoms. The fraction of sp³-hybridized carbons (Fsp3) is 0.676. The SMILES string of the molecule is CC/C=C\C/C=C\C/C=C\C/C=C\C/C=C\C/C=C\CCCCCCC(=O)OCC(COC(=O)CCCCCCCCC/C=C\C/C=C\C/C=C\CC)OC(=O)CCCCCCCCCCC/C=C\CCCCCCCC. The Bertz CT molecular complexity index is 1600. The summed E-state index contributed by atoms with van der Waals surface area (Å²) in [6.45, 7) is 6.40. The molecule has 0 aromatic rings. The van der Waals surface area contributed by atoms with E-state index in [-0.39, 0.29) is 31.1 Å². The van der Waals surface area contributed by atoms with Crippen LogP contribution in [0.4, 0.5) is 0 Å². The third kappa shape index (κ3) is 62.5. The van der Waals surface area contributed by atoms with E-state index in [1.54, 1.807) is 0 Å². The molecule has 0 spiro atoms. The van der Waals surface area contributed by atoms with Crippen LogP contribution in [0.1, 0.15) is 290 Å². The van der Waals surface area contributed by atoms with E-state index in [9.17, 15) is 14.4 Å². The monoisotopic (exact) mass is 1070 g/mol. The Hall–Kier alpha value is -4.19. The second kappa shape index (κ2) is 64.3. The van der Waals surface area contributed by atoms with Crippen molar-refractivity contribution in [3.05, 3.63) is 122 Å². The minimum Gasteiger partial charge on any atom is -0.462 e. The Morgan fingerprint density at radius 3 is 0.805 bits per heavy atom. The van der Waals surface area contributed by atoms with Gasteiger partial charge in [-0.1, -0.05) is 264 Å². The van der Waals surface area contributed by atoms with Crippen molar-refractivity contribution in [2.45, 2.75) is 297 Å². The first kappa shape index (κ1) is 72.8. The molecule has 0 N–H and O–H groups in total. The lowest BCUT2D eigenvalue weighted by atomic mass is 10.1. The third-order valence-corrected chi connectivity index (χ3v) is 13.4. The largest absolute Gasteiger partial charge is 0.462 e. The molecule has 0 heterocycles. The zero-order valence-electron chi connectivity index (χ0n) is 50.2. The molecule has 0 aliphatic heterocycles. The number of esters is 3. The molecule has 6 nitrogen and oxygen atoms in total. The topological polar surface area (TPSA) is 78.9 Å². The van der Waals surface area contributed by atoms with Gasteiger partial charge in [0.25, 0.3) is 0 Å². The van der Waals surface area contributed by atoms with Crippen LogP contribution in [0.2, 0.25) is 0 Å². The van der Waals surface area contributed by atoms with E-state index in [0.717, 1.165) is 135 Å². The van der Waals surface area contributed by atoms with E-state index in [4.69, 9.17) is 14.2 Å². The molecule has 1 atom stereocenters. The van der Waals surface area contributed by atoms with E-state index in [1.807, 2.05) is 0 Å². The number of rotatable bonds is 57. The molecule has 0 radical (unpaired) electrons. The molecule has 0 rings (SSSR count). The van der Waals surface area contributed by atoms with Crippen LogP contribution in [-0.2, 0) is 28.6 Å². The number of unbranched alkanes of at least 4 members (excludes halogenated alkanes) is 26. The molecule has 77 heavy (non-hydrogen) atoms. The molecule has 438 valence electrons. The zero-order valence-corrected chi connectivity index (χ0v) is 50.2. The average molecular weight is 1070 g/mol. The molecule has 0 amide bonds. The number of allylic oxidation sites excluding steroid dienone is 20. The van der Waals surface area contributed by atoms with Gasteiger partial charge in [0, 0.05) is 19.3 Å². The van der Waals surface area contributed by atoms with Crippen molar-refractivity contribution in [3.63, 3.8) is 0 Å². The van der Waals surface area contributed by atoms with E-state index in [1.165, 1.54) is 116 Å². The summed E-state index contributed by atoms with van der Waals surface area (Å²) in [5.41, 5.74) is 0. The maximum absolute atomic E-state index is 12.9. The molecule has 0 fully saturated rings. The Balaban J connectivity index is 4.46. The van der Waals surface area contributed by atoms with Gasteiger partial charge < -0.3 is 14.2 Å². The first-order valence-electron chi connectivity index (χ1n) is 32.0. The Labute approximate surface area is 475 Å². The molecule has 1 unspecified atom stereocenters. The number of hydrogen-bond donors (Lipinski definition) is 0. The van der Waals surface area contributed by atoms with Crippen molar-refractivity contribution in [1.82, 2.24) is 0 Å². The highest BCUT2D eigenvalue weighted by atomic mass is 16.6. The van der Waals surface area contributed by atoms with Crippen LogP contribution in [0.5, 0.6) is 0 Å². The molecular formula is C71H118O6. The fourth-order valence-electron chi connectivity index (χ4n) is 8.69. The lowest BCUT2D eigenvalue weighted by Crippen LogP contribution is -2.30. The number of carbonyl (C=O) groups excluding carboxylic acids is 3. The molecule has 0 aromatic heterocycles. The van der Waals surface area contributed by atoms with Gasteiger partial charge in [0.05, 0.1) is 0 Å². The van der Waals surface area contributed by atoms with Crippen molar-refractivity contribution >= 4 is 17.9 Å². The highest BCUT2D eigenvalue weighted by molar-refractivity contribution is 5.71. The standard InChI is InChI=1S/C71H118O6/c1-4-7-10-13-16-19-22-25-28-31-33-34-35-36-38-40-43-46-49-52-55-58-61-64-70(73)76-67-68(66-75-69(72)63-60-57-54-51-48-45-42-39-30-27-24-21-18-15-12-9-6-3)77-71(74)65-62-59-56-53-50-47-44-41-37-32-29-26-23-20-17-14-11-8-5-2/h7,9-10,12,16,18-19,21,25-30,33-34,36,38,43,46,68H,4-6,8,11,13-15,17,20,22-24,31-32,35,37,39-42,44-45,47-67H2,1-3H3/b10-7-,12-9-,19-16-,21-18-,28-25-,29-26-,30-27-,34-33-,38-36-,46-43-. The molecular weight excluding hydrogens is 949 g/mol. The summed E-state index contributed by atoms with van der Waals surface area (Å²) in [5, 5.41) is 0. The average Bonchev–Trinajstić information content (AvgIpc) is 3.43. The molecule has 0 aliphatic carbocycles. The quantitative estimate of drug-likeness (QED) is 0.0261. The second-order valence-corrected chi connectivity index (χ2v) is 20.9. The van der Waals surface area contributed by atoms with Gasteiger partial charge in [0.15, 0.2) is 6.10 Å². The summed E-state index contributed by atoms with van der Waals surface area (Å²) in [7, 11) is 0. The van der Waals surface area contributed by atoms with Gasteiger partial charge in [-0.05, 0) is 128 Å². The van der Waals surface area contributed by atoms with Gasteiger partial charge in [-0.3, -0.25) is 14.4 Å². The minimum absolute atomic E-state index is 0.0943. The van der Waals surface area contributed by atoms with Crippen LogP contribution in [0.25, 0.3) is 0 Å². The predicted octanol–water partition coefficient (Wildman–Crippen LogP) is 22.0. The zero-order chi connectivity index (χ0) is 55.7. The van der Waals surface area contributed by atoms with Crippen LogP contribution >= 0.6 is 0 Å². The van der Waals surface area contributed by atoms with Gasteiger partial charge in [-0.15, -0.1) is 0 Å². The lowest BCUT2D eigenvalue weighted by molar-refractivity contribution is -0.167. The van der Waals surface area contributed by atoms with Crippen molar-refractivity contribution in [3.8, 4) is 0 Å². The van der Waals surface area contributed by atoms with Crippen LogP contribution < -0.4 is 0 Å². The van der Waals surface area contributed by atoms with Crippen molar-refractivity contribution in [2.24, 2.45) is 0 Å². The number of carbonyl (C=O) groups is 3. The van der Waals surface area contributed by atoms with Crippen LogP contribution in [0, 0.1) is 0 Å². The molecule has 0 aromatic carbocycles. The normalized spacial score (nSPS) is 12.9. The fourth-order valence-corrected chi connectivity index (χ4v) is 8.69. The second-order valence-electron chi connectivity index (χ2n) is 20.9. The Morgan fingerprint density at radius 2 is 0.506 bits per heavy atom. The van der Waals surface area contributed by atoms with Crippen molar-refractivity contribution in [1.29, 1.82) is 0 Å². The van der Waals surface area contributed by atoms with Crippen LogP contribution in [0.15, 0.2) is 122 Å². The third-order valence-electron chi connectivity index (χ3n) is 13.4. The van der Waals surface area contributed by atoms with E-state index in [0.29, 0.717) is 19.3 Å². The van der Waals surface area contributed by atoms with E-state index >= 15 is 0 Å². The smallest absolute Gasteiger partial charge is 0.306 e. The van der Waals surface area contributed by atoms with Crippen LogP contribution in [-0.4, -0.2) is 37.2 Å². The number of hydrogen-bond acceptors (Lipinski definition) is 6. The summed E-state index contributed by atoms with van der Waals surface area (Å²) in [6, 6.07) is 0. The van der Waals surface area contributed by atoms with E-state index in [2.05, 4.69) is 142 Å². The number of ether oxygens (including phenoxy) is 3. The van der Waals surface area contributed by atoms with Gasteiger partial charge >= 0.3 is 17.9 Å². The summed E-state index contributed by atoms with van der Waals surface area (Å²) < 4.78 is 16.9. The highest BCUT2D eigenvalue weighted by Gasteiger charge is 2.19. The minimum atomic E-state index is -0.799. The van der Waals surface area contributed by atoms with Gasteiger partial charge in [-0.25, -0.2) is 0 Å². The van der Waals surface area contributed by atoms with E-state index < -0.39 is 6.10 Å². The van der Waals surface area contributed by atoms with Crippen molar-refractivity contribution < 1.29 is 28.6 Å². The Kier molecular flexibility index (Phi) is 60.8. The molecule has 0 aliphatic rings. The maximum atomic E-state index is 12.9. The maximum Gasteiger partial charge on any atom is 0.306 e.